The van der Waals surface area contributed by atoms with Gasteiger partial charge in [0.05, 0.1) is 23.0 Å². The molecular weight excluding hydrogens is 308 g/mol. The first-order chi connectivity index (χ1) is 11.8. The lowest BCUT2D eigenvalue weighted by Gasteiger charge is -2.20. The maximum atomic E-state index is 9.31. The van der Waals surface area contributed by atoms with Crippen LogP contribution in [-0.4, -0.2) is 0 Å². The zero-order valence-electron chi connectivity index (χ0n) is 15.3. The topological polar surface area (TPSA) is 56.8 Å². The van der Waals surface area contributed by atoms with Gasteiger partial charge in [-0.1, -0.05) is 36.4 Å². The second kappa shape index (κ2) is 7.41. The van der Waals surface area contributed by atoms with Crippen LogP contribution >= 0.6 is 0 Å². The smallest absolute Gasteiger partial charge is 0.130 e. The number of nitriles is 2. The summed E-state index contributed by atoms with van der Waals surface area (Å²) in [7, 11) is 0. The van der Waals surface area contributed by atoms with Crippen LogP contribution in [0.2, 0.25) is 0 Å². The highest BCUT2D eigenvalue weighted by atomic mass is 16.5. The molecule has 3 heteroatoms. The Morgan fingerprint density at radius 2 is 1.08 bits per heavy atom. The molecule has 0 heterocycles. The molecule has 2 aromatic rings. The summed E-state index contributed by atoms with van der Waals surface area (Å²) >= 11 is 0. The Morgan fingerprint density at radius 3 is 1.44 bits per heavy atom. The van der Waals surface area contributed by atoms with Gasteiger partial charge in [0.25, 0.3) is 0 Å². The minimum Gasteiger partial charge on any atom is -0.457 e. The van der Waals surface area contributed by atoms with E-state index >= 15 is 0 Å². The van der Waals surface area contributed by atoms with Crippen molar-refractivity contribution < 1.29 is 4.74 Å². The molecule has 0 bridgehead atoms. The summed E-state index contributed by atoms with van der Waals surface area (Å²) < 4.78 is 6.20. The largest absolute Gasteiger partial charge is 0.457 e. The van der Waals surface area contributed by atoms with Gasteiger partial charge in [0.1, 0.15) is 11.5 Å². The molecule has 128 valence electrons. The van der Waals surface area contributed by atoms with Gasteiger partial charge in [-0.3, -0.25) is 0 Å². The van der Waals surface area contributed by atoms with E-state index in [9.17, 15) is 10.5 Å². The number of ether oxygens (including phenoxy) is 1. The fourth-order valence-electron chi connectivity index (χ4n) is 2.65. The molecule has 2 rings (SSSR count). The molecule has 0 atom stereocenters. The number of para-hydroxylation sites is 2. The van der Waals surface area contributed by atoms with Crippen LogP contribution in [0.25, 0.3) is 0 Å². The standard InChI is InChI=1S/C22H24N2O/c1-21(2,15-23)13-17-9-5-7-11-19(17)25-20-12-8-6-10-18(20)14-22(3,4)16-24/h5-12H,13-14H2,1-4H3. The van der Waals surface area contributed by atoms with E-state index in [1.807, 2.05) is 76.2 Å². The van der Waals surface area contributed by atoms with Crippen molar-refractivity contribution in [1.82, 2.24) is 0 Å². The van der Waals surface area contributed by atoms with E-state index in [2.05, 4.69) is 12.1 Å². The van der Waals surface area contributed by atoms with Crippen LogP contribution in [0.3, 0.4) is 0 Å². The molecule has 2 aromatic carbocycles. The molecule has 0 unspecified atom stereocenters. The lowest BCUT2D eigenvalue weighted by molar-refractivity contribution is 0.433. The molecule has 25 heavy (non-hydrogen) atoms. The van der Waals surface area contributed by atoms with Crippen molar-refractivity contribution in [1.29, 1.82) is 10.5 Å². The molecule has 0 aliphatic heterocycles. The fraction of sp³-hybridized carbons (Fsp3) is 0.364. The molecule has 0 saturated carbocycles. The number of hydrogen-bond donors (Lipinski definition) is 0. The zero-order valence-corrected chi connectivity index (χ0v) is 15.3. The second-order valence-electron chi connectivity index (χ2n) is 7.66. The van der Waals surface area contributed by atoms with Crippen molar-refractivity contribution in [3.05, 3.63) is 59.7 Å². The van der Waals surface area contributed by atoms with Crippen LogP contribution in [0.5, 0.6) is 11.5 Å². The summed E-state index contributed by atoms with van der Waals surface area (Å²) in [5.74, 6) is 1.51. The van der Waals surface area contributed by atoms with Gasteiger partial charge < -0.3 is 4.74 Å². The molecule has 0 spiro atoms. The van der Waals surface area contributed by atoms with E-state index in [4.69, 9.17) is 4.74 Å². The average molecular weight is 332 g/mol. The first-order valence-corrected chi connectivity index (χ1v) is 8.42. The van der Waals surface area contributed by atoms with E-state index < -0.39 is 10.8 Å². The van der Waals surface area contributed by atoms with Gasteiger partial charge in [-0.15, -0.1) is 0 Å². The molecule has 0 N–H and O–H groups in total. The lowest BCUT2D eigenvalue weighted by atomic mass is 9.87. The fourth-order valence-corrected chi connectivity index (χ4v) is 2.65. The molecule has 0 aliphatic rings. The monoisotopic (exact) mass is 332 g/mol. The van der Waals surface area contributed by atoms with Crippen LogP contribution in [0.15, 0.2) is 48.5 Å². The molecule has 0 fully saturated rings. The summed E-state index contributed by atoms with van der Waals surface area (Å²) in [4.78, 5) is 0. The molecule has 0 aliphatic carbocycles. The zero-order chi connectivity index (χ0) is 18.5. The van der Waals surface area contributed by atoms with E-state index in [0.717, 1.165) is 22.6 Å². The van der Waals surface area contributed by atoms with Crippen LogP contribution in [0, 0.1) is 33.5 Å². The van der Waals surface area contributed by atoms with Gasteiger partial charge in [0.15, 0.2) is 0 Å². The Balaban J connectivity index is 2.33. The van der Waals surface area contributed by atoms with Crippen molar-refractivity contribution in [2.45, 2.75) is 40.5 Å². The highest BCUT2D eigenvalue weighted by Gasteiger charge is 2.22. The predicted molar refractivity (Wildman–Crippen MR) is 99.2 cm³/mol. The highest BCUT2D eigenvalue weighted by Crippen LogP contribution is 2.34. The van der Waals surface area contributed by atoms with Gasteiger partial charge in [-0.25, -0.2) is 0 Å². The third kappa shape index (κ3) is 5.10. The molecule has 0 aromatic heterocycles. The van der Waals surface area contributed by atoms with Crippen LogP contribution in [0.4, 0.5) is 0 Å². The van der Waals surface area contributed by atoms with E-state index in [0.29, 0.717) is 12.8 Å². The second-order valence-corrected chi connectivity index (χ2v) is 7.66. The van der Waals surface area contributed by atoms with Crippen molar-refractivity contribution in [3.63, 3.8) is 0 Å². The van der Waals surface area contributed by atoms with E-state index in [1.165, 1.54) is 0 Å². The maximum Gasteiger partial charge on any atom is 0.130 e. The van der Waals surface area contributed by atoms with E-state index in [-0.39, 0.29) is 0 Å². The van der Waals surface area contributed by atoms with Gasteiger partial charge >= 0.3 is 0 Å². The number of benzene rings is 2. The minimum absolute atomic E-state index is 0.457. The summed E-state index contributed by atoms with van der Waals surface area (Å²) in [5, 5.41) is 18.6. The van der Waals surface area contributed by atoms with Crippen LogP contribution in [0.1, 0.15) is 38.8 Å². The van der Waals surface area contributed by atoms with Crippen molar-refractivity contribution >= 4 is 0 Å². The van der Waals surface area contributed by atoms with Gasteiger partial charge in [0, 0.05) is 0 Å². The molecule has 0 radical (unpaired) electrons. The van der Waals surface area contributed by atoms with Crippen LogP contribution < -0.4 is 4.74 Å². The molecule has 3 nitrogen and oxygen atoms in total. The van der Waals surface area contributed by atoms with Crippen molar-refractivity contribution in [2.24, 2.45) is 10.8 Å². The van der Waals surface area contributed by atoms with E-state index in [1.54, 1.807) is 0 Å². The Kier molecular flexibility index (Phi) is 5.50. The predicted octanol–water partition coefficient (Wildman–Crippen LogP) is 5.66. The molecule has 0 saturated heterocycles. The number of nitrogens with zero attached hydrogens (tertiary/aromatic N) is 2. The van der Waals surface area contributed by atoms with Gasteiger partial charge in [0.2, 0.25) is 0 Å². The number of rotatable bonds is 6. The number of hydrogen-bond acceptors (Lipinski definition) is 3. The minimum atomic E-state index is -0.457. The summed E-state index contributed by atoms with van der Waals surface area (Å²) in [6.07, 6.45) is 1.23. The Labute approximate surface area is 150 Å². The Bertz CT molecular complexity index is 753. The maximum absolute atomic E-state index is 9.31. The highest BCUT2D eigenvalue weighted by molar-refractivity contribution is 5.42. The summed E-state index contributed by atoms with van der Waals surface area (Å²) in [5.41, 5.74) is 1.09. The third-order valence-electron chi connectivity index (χ3n) is 4.04. The Hall–Kier alpha value is -2.78. The average Bonchev–Trinajstić information content (AvgIpc) is 2.58. The SMILES string of the molecule is CC(C)(C#N)Cc1ccccc1Oc1ccccc1CC(C)(C)C#N. The summed E-state index contributed by atoms with van der Waals surface area (Å²) in [6, 6.07) is 20.3. The van der Waals surface area contributed by atoms with Gasteiger partial charge in [-0.05, 0) is 63.8 Å². The first kappa shape index (κ1) is 18.6. The molecule has 0 amide bonds. The normalized spacial score (nSPS) is 11.4. The van der Waals surface area contributed by atoms with Crippen molar-refractivity contribution in [3.8, 4) is 23.6 Å². The summed E-state index contributed by atoms with van der Waals surface area (Å²) in [6.45, 7) is 7.70. The molecular formula is C22H24N2O. The quantitative estimate of drug-likeness (QED) is 0.685. The van der Waals surface area contributed by atoms with Gasteiger partial charge in [-0.2, -0.15) is 10.5 Å². The lowest BCUT2D eigenvalue weighted by Crippen LogP contribution is -2.13. The van der Waals surface area contributed by atoms with Crippen molar-refractivity contribution in [2.75, 3.05) is 0 Å². The first-order valence-electron chi connectivity index (χ1n) is 8.42. The van der Waals surface area contributed by atoms with Crippen LogP contribution in [-0.2, 0) is 12.8 Å². The Morgan fingerprint density at radius 1 is 0.720 bits per heavy atom. The third-order valence-corrected chi connectivity index (χ3v) is 4.04.